The molecule has 1 amide bonds. The molecule has 0 bridgehead atoms. The summed E-state index contributed by atoms with van der Waals surface area (Å²) in [6.07, 6.45) is 8.57. The Bertz CT molecular complexity index is 459. The van der Waals surface area contributed by atoms with Gasteiger partial charge in [-0.1, -0.05) is 32.1 Å². The molecule has 1 heterocycles. The predicted octanol–water partition coefficient (Wildman–Crippen LogP) is 2.31. The number of aryl methyl sites for hydroxylation is 1. The Morgan fingerprint density at radius 1 is 1.25 bits per heavy atom. The lowest BCUT2D eigenvalue weighted by Gasteiger charge is -2.21. The van der Waals surface area contributed by atoms with Crippen molar-refractivity contribution in [2.45, 2.75) is 71.4 Å². The molecule has 0 aromatic carbocycles. The molecule has 1 saturated carbocycles. The third kappa shape index (κ3) is 3.74. The second-order valence-corrected chi connectivity index (χ2v) is 5.85. The van der Waals surface area contributed by atoms with Crippen LogP contribution in [-0.2, 0) is 11.3 Å². The van der Waals surface area contributed by atoms with E-state index in [0.717, 1.165) is 24.2 Å². The quantitative estimate of drug-likeness (QED) is 0.891. The average Bonchev–Trinajstić information content (AvgIpc) is 2.60. The number of nitrogen functional groups attached to an aromatic ring is 1. The first-order chi connectivity index (χ1) is 9.58. The predicted molar refractivity (Wildman–Crippen MR) is 80.4 cm³/mol. The Labute approximate surface area is 120 Å². The summed E-state index contributed by atoms with van der Waals surface area (Å²) >= 11 is 0. The molecule has 0 aliphatic heterocycles. The lowest BCUT2D eigenvalue weighted by atomic mass is 9.97. The fraction of sp³-hybridized carbons (Fsp3) is 0.733. The number of carbonyl (C=O) groups excluding carboxylic acids is 1. The standard InChI is InChI=1S/C15H26N4O/c1-11-15(16)12(2)19(18-11)10-14(20)17-13-8-6-4-3-5-7-9-13/h13H,3-10,16H2,1-2H3,(H,17,20). The molecule has 112 valence electrons. The zero-order valence-corrected chi connectivity index (χ0v) is 12.6. The zero-order valence-electron chi connectivity index (χ0n) is 12.6. The Morgan fingerprint density at radius 2 is 1.85 bits per heavy atom. The molecule has 0 saturated heterocycles. The lowest BCUT2D eigenvalue weighted by Crippen LogP contribution is -2.37. The van der Waals surface area contributed by atoms with E-state index in [1.807, 2.05) is 13.8 Å². The highest BCUT2D eigenvalue weighted by atomic mass is 16.2. The van der Waals surface area contributed by atoms with Crippen LogP contribution in [0.25, 0.3) is 0 Å². The van der Waals surface area contributed by atoms with Crippen LogP contribution in [-0.4, -0.2) is 21.7 Å². The van der Waals surface area contributed by atoms with Crippen molar-refractivity contribution in [3.63, 3.8) is 0 Å². The van der Waals surface area contributed by atoms with E-state index in [1.165, 1.54) is 32.1 Å². The van der Waals surface area contributed by atoms with Crippen LogP contribution < -0.4 is 11.1 Å². The minimum absolute atomic E-state index is 0.0428. The normalized spacial score (nSPS) is 17.5. The molecule has 1 aliphatic rings. The van der Waals surface area contributed by atoms with Crippen molar-refractivity contribution in [3.8, 4) is 0 Å². The molecule has 1 aromatic heterocycles. The molecule has 3 N–H and O–H groups in total. The number of nitrogens with one attached hydrogen (secondary N) is 1. The van der Waals surface area contributed by atoms with Crippen molar-refractivity contribution < 1.29 is 4.79 Å². The first-order valence-electron chi connectivity index (χ1n) is 7.66. The number of hydrogen-bond donors (Lipinski definition) is 2. The second kappa shape index (κ2) is 6.77. The minimum atomic E-state index is 0.0428. The third-order valence-electron chi connectivity index (χ3n) is 4.20. The molecular formula is C15H26N4O. The largest absolute Gasteiger partial charge is 0.396 e. The summed E-state index contributed by atoms with van der Waals surface area (Å²) in [6, 6.07) is 0.331. The second-order valence-electron chi connectivity index (χ2n) is 5.85. The van der Waals surface area contributed by atoms with Crippen LogP contribution >= 0.6 is 0 Å². The number of rotatable bonds is 3. The highest BCUT2D eigenvalue weighted by Gasteiger charge is 2.16. The highest BCUT2D eigenvalue weighted by molar-refractivity contribution is 5.76. The van der Waals surface area contributed by atoms with Gasteiger partial charge in [0.25, 0.3) is 0 Å². The van der Waals surface area contributed by atoms with Crippen molar-refractivity contribution in [1.82, 2.24) is 15.1 Å². The smallest absolute Gasteiger partial charge is 0.241 e. The number of nitrogens with zero attached hydrogens (tertiary/aromatic N) is 2. The van der Waals surface area contributed by atoms with E-state index >= 15 is 0 Å². The van der Waals surface area contributed by atoms with E-state index in [-0.39, 0.29) is 12.5 Å². The van der Waals surface area contributed by atoms with Gasteiger partial charge in [0.1, 0.15) is 6.54 Å². The van der Waals surface area contributed by atoms with Crippen LogP contribution in [0.15, 0.2) is 0 Å². The molecule has 1 aromatic rings. The molecule has 5 nitrogen and oxygen atoms in total. The van der Waals surface area contributed by atoms with Gasteiger partial charge in [0.2, 0.25) is 5.91 Å². The van der Waals surface area contributed by atoms with Crippen LogP contribution in [0.4, 0.5) is 5.69 Å². The summed E-state index contributed by atoms with van der Waals surface area (Å²) < 4.78 is 1.70. The number of aromatic nitrogens is 2. The monoisotopic (exact) mass is 278 g/mol. The summed E-state index contributed by atoms with van der Waals surface area (Å²) in [5.74, 6) is 0.0428. The molecule has 1 aliphatic carbocycles. The number of amides is 1. The van der Waals surface area contributed by atoms with Crippen LogP contribution in [0.5, 0.6) is 0 Å². The van der Waals surface area contributed by atoms with Crippen molar-refractivity contribution >= 4 is 11.6 Å². The molecule has 0 radical (unpaired) electrons. The van der Waals surface area contributed by atoms with E-state index < -0.39 is 0 Å². The van der Waals surface area contributed by atoms with E-state index in [0.29, 0.717) is 11.7 Å². The van der Waals surface area contributed by atoms with Gasteiger partial charge in [-0.25, -0.2) is 0 Å². The van der Waals surface area contributed by atoms with Gasteiger partial charge in [0.15, 0.2) is 0 Å². The maximum absolute atomic E-state index is 12.1. The summed E-state index contributed by atoms with van der Waals surface area (Å²) in [5.41, 5.74) is 8.23. The van der Waals surface area contributed by atoms with Gasteiger partial charge < -0.3 is 11.1 Å². The number of nitrogens with two attached hydrogens (primary N) is 1. The first-order valence-corrected chi connectivity index (χ1v) is 7.66. The number of anilines is 1. The summed E-state index contributed by atoms with van der Waals surface area (Å²) in [4.78, 5) is 12.1. The minimum Gasteiger partial charge on any atom is -0.396 e. The molecule has 0 spiro atoms. The van der Waals surface area contributed by atoms with E-state index in [2.05, 4.69) is 10.4 Å². The topological polar surface area (TPSA) is 72.9 Å². The van der Waals surface area contributed by atoms with Crippen LogP contribution in [0.3, 0.4) is 0 Å². The van der Waals surface area contributed by atoms with Crippen LogP contribution in [0.2, 0.25) is 0 Å². The summed E-state index contributed by atoms with van der Waals surface area (Å²) in [5, 5.41) is 7.46. The zero-order chi connectivity index (χ0) is 14.5. The maximum atomic E-state index is 12.1. The molecule has 0 unspecified atom stereocenters. The van der Waals surface area contributed by atoms with Crippen LogP contribution in [0, 0.1) is 13.8 Å². The van der Waals surface area contributed by atoms with Gasteiger partial charge >= 0.3 is 0 Å². The molecule has 5 heteroatoms. The summed E-state index contributed by atoms with van der Waals surface area (Å²) in [7, 11) is 0. The Hall–Kier alpha value is -1.52. The maximum Gasteiger partial charge on any atom is 0.241 e. The first kappa shape index (κ1) is 14.9. The average molecular weight is 278 g/mol. The van der Waals surface area contributed by atoms with Gasteiger partial charge in [0, 0.05) is 6.04 Å². The van der Waals surface area contributed by atoms with E-state index in [9.17, 15) is 4.79 Å². The van der Waals surface area contributed by atoms with Gasteiger partial charge in [-0.05, 0) is 26.7 Å². The van der Waals surface area contributed by atoms with Crippen molar-refractivity contribution in [3.05, 3.63) is 11.4 Å². The van der Waals surface area contributed by atoms with Crippen molar-refractivity contribution in [2.24, 2.45) is 0 Å². The molecule has 20 heavy (non-hydrogen) atoms. The molecule has 0 atom stereocenters. The van der Waals surface area contributed by atoms with Crippen molar-refractivity contribution in [2.75, 3.05) is 5.73 Å². The van der Waals surface area contributed by atoms with E-state index in [1.54, 1.807) is 4.68 Å². The Kier molecular flexibility index (Phi) is 5.04. The van der Waals surface area contributed by atoms with Gasteiger partial charge in [-0.2, -0.15) is 5.10 Å². The molecule has 2 rings (SSSR count). The van der Waals surface area contributed by atoms with E-state index in [4.69, 9.17) is 5.73 Å². The fourth-order valence-corrected chi connectivity index (χ4v) is 2.87. The number of hydrogen-bond acceptors (Lipinski definition) is 3. The Morgan fingerprint density at radius 3 is 2.40 bits per heavy atom. The van der Waals surface area contributed by atoms with Crippen LogP contribution in [0.1, 0.15) is 56.3 Å². The SMILES string of the molecule is Cc1nn(CC(=O)NC2CCCCCCC2)c(C)c1N. The van der Waals surface area contributed by atoms with Crippen molar-refractivity contribution in [1.29, 1.82) is 0 Å². The highest BCUT2D eigenvalue weighted by Crippen LogP contribution is 2.17. The summed E-state index contributed by atoms with van der Waals surface area (Å²) in [6.45, 7) is 4.03. The fourth-order valence-electron chi connectivity index (χ4n) is 2.87. The third-order valence-corrected chi connectivity index (χ3v) is 4.20. The number of carbonyl (C=O) groups is 1. The van der Waals surface area contributed by atoms with Gasteiger partial charge in [0.05, 0.1) is 17.1 Å². The molecular weight excluding hydrogens is 252 g/mol. The Balaban J connectivity index is 1.89. The lowest BCUT2D eigenvalue weighted by molar-refractivity contribution is -0.122. The molecule has 1 fully saturated rings. The van der Waals surface area contributed by atoms with Gasteiger partial charge in [-0.15, -0.1) is 0 Å². The van der Waals surface area contributed by atoms with Gasteiger partial charge in [-0.3, -0.25) is 9.48 Å².